The van der Waals surface area contributed by atoms with Gasteiger partial charge in [0, 0.05) is 23.5 Å². The lowest BCUT2D eigenvalue weighted by molar-refractivity contribution is -0.143. The van der Waals surface area contributed by atoms with Gasteiger partial charge in [-0.2, -0.15) is 0 Å². The first-order valence-corrected chi connectivity index (χ1v) is 14.0. The van der Waals surface area contributed by atoms with Gasteiger partial charge in [-0.15, -0.1) is 0 Å². The zero-order valence-corrected chi connectivity index (χ0v) is 23.4. The molecule has 6 nitrogen and oxygen atoms in total. The Morgan fingerprint density at radius 1 is 0.921 bits per heavy atom. The van der Waals surface area contributed by atoms with E-state index in [2.05, 4.69) is 21.2 Å². The Kier molecular flexibility index (Phi) is 10.2. The summed E-state index contributed by atoms with van der Waals surface area (Å²) in [6, 6.07) is 24.2. The molecule has 1 fully saturated rings. The van der Waals surface area contributed by atoms with Crippen molar-refractivity contribution in [3.63, 3.8) is 0 Å². The van der Waals surface area contributed by atoms with Crippen LogP contribution in [0.4, 0.5) is 0 Å². The SMILES string of the molecule is COc1cccc(CN(C(=O)COc2ccc(Br)cc2)[C@H](Cc2ccccc2)C(=O)NC2CCCCC2)c1. The number of carbonyl (C=O) groups excluding carboxylic acids is 2. The molecular weight excluding hydrogens is 544 g/mol. The van der Waals surface area contributed by atoms with Gasteiger partial charge in [-0.1, -0.05) is 77.7 Å². The van der Waals surface area contributed by atoms with E-state index in [9.17, 15) is 9.59 Å². The molecule has 1 atom stereocenters. The number of amides is 2. The predicted molar refractivity (Wildman–Crippen MR) is 152 cm³/mol. The molecule has 0 spiro atoms. The first kappa shape index (κ1) is 27.7. The van der Waals surface area contributed by atoms with Crippen molar-refractivity contribution >= 4 is 27.7 Å². The Morgan fingerprint density at radius 2 is 1.63 bits per heavy atom. The number of rotatable bonds is 11. The van der Waals surface area contributed by atoms with Crippen molar-refractivity contribution in [1.29, 1.82) is 0 Å². The maximum Gasteiger partial charge on any atom is 0.261 e. The summed E-state index contributed by atoms with van der Waals surface area (Å²) in [7, 11) is 1.61. The van der Waals surface area contributed by atoms with E-state index in [1.54, 1.807) is 24.1 Å². The van der Waals surface area contributed by atoms with Crippen LogP contribution in [0, 0.1) is 0 Å². The maximum atomic E-state index is 13.8. The molecule has 3 aromatic carbocycles. The Hall–Kier alpha value is -3.32. The van der Waals surface area contributed by atoms with Crippen LogP contribution in [0.3, 0.4) is 0 Å². The van der Waals surface area contributed by atoms with Crippen LogP contribution in [0.15, 0.2) is 83.3 Å². The highest BCUT2D eigenvalue weighted by molar-refractivity contribution is 9.10. The molecule has 0 aromatic heterocycles. The standard InChI is InChI=1S/C31H35BrN2O4/c1-37-28-14-8-11-24(19-28)21-34(30(35)22-38-27-17-15-25(32)16-18-27)29(20-23-9-4-2-5-10-23)31(36)33-26-12-6-3-7-13-26/h2,4-5,8-11,14-19,26,29H,3,6-7,12-13,20-22H2,1H3,(H,33,36)/t29-/m1/s1. The third kappa shape index (κ3) is 8.09. The van der Waals surface area contributed by atoms with Crippen LogP contribution < -0.4 is 14.8 Å². The lowest BCUT2D eigenvalue weighted by Crippen LogP contribution is -2.53. The largest absolute Gasteiger partial charge is 0.497 e. The fourth-order valence-electron chi connectivity index (χ4n) is 4.82. The van der Waals surface area contributed by atoms with Crippen molar-refractivity contribution in [3.8, 4) is 11.5 Å². The van der Waals surface area contributed by atoms with Crippen LogP contribution >= 0.6 is 15.9 Å². The van der Waals surface area contributed by atoms with Gasteiger partial charge in [0.1, 0.15) is 17.5 Å². The molecule has 7 heteroatoms. The van der Waals surface area contributed by atoms with Crippen molar-refractivity contribution in [2.24, 2.45) is 0 Å². The van der Waals surface area contributed by atoms with Gasteiger partial charge < -0.3 is 19.7 Å². The van der Waals surface area contributed by atoms with Crippen LogP contribution in [0.1, 0.15) is 43.2 Å². The first-order valence-electron chi connectivity index (χ1n) is 13.2. The molecule has 38 heavy (non-hydrogen) atoms. The summed E-state index contributed by atoms with van der Waals surface area (Å²) in [5.74, 6) is 0.914. The molecule has 0 bridgehead atoms. The zero-order valence-electron chi connectivity index (χ0n) is 21.8. The van der Waals surface area contributed by atoms with Gasteiger partial charge in [-0.05, 0) is 60.4 Å². The van der Waals surface area contributed by atoms with E-state index in [1.165, 1.54) is 6.42 Å². The molecule has 4 rings (SSSR count). The summed E-state index contributed by atoms with van der Waals surface area (Å²) >= 11 is 3.42. The quantitative estimate of drug-likeness (QED) is 0.306. The summed E-state index contributed by atoms with van der Waals surface area (Å²) in [4.78, 5) is 29.2. The van der Waals surface area contributed by atoms with E-state index in [1.807, 2.05) is 66.7 Å². The third-order valence-electron chi connectivity index (χ3n) is 6.89. The van der Waals surface area contributed by atoms with Gasteiger partial charge in [-0.3, -0.25) is 9.59 Å². The minimum atomic E-state index is -0.688. The smallest absolute Gasteiger partial charge is 0.261 e. The van der Waals surface area contributed by atoms with Crippen LogP contribution in [0.25, 0.3) is 0 Å². The number of halogens is 1. The molecule has 1 aliphatic carbocycles. The number of hydrogen-bond donors (Lipinski definition) is 1. The summed E-state index contributed by atoms with van der Waals surface area (Å²) < 4.78 is 12.2. The number of carbonyl (C=O) groups is 2. The highest BCUT2D eigenvalue weighted by atomic mass is 79.9. The Labute approximate surface area is 233 Å². The average molecular weight is 580 g/mol. The number of nitrogens with one attached hydrogen (secondary N) is 1. The monoisotopic (exact) mass is 578 g/mol. The summed E-state index contributed by atoms with van der Waals surface area (Å²) in [6.07, 6.45) is 5.78. The molecule has 0 saturated heterocycles. The van der Waals surface area contributed by atoms with E-state index in [0.717, 1.165) is 41.3 Å². The van der Waals surface area contributed by atoms with Crippen molar-refractivity contribution in [3.05, 3.63) is 94.5 Å². The molecule has 0 unspecified atom stereocenters. The summed E-state index contributed by atoms with van der Waals surface area (Å²) in [5.41, 5.74) is 1.87. The maximum absolute atomic E-state index is 13.8. The minimum Gasteiger partial charge on any atom is -0.497 e. The van der Waals surface area contributed by atoms with E-state index < -0.39 is 6.04 Å². The molecule has 2 amide bonds. The number of nitrogens with zero attached hydrogens (tertiary/aromatic N) is 1. The molecule has 1 aliphatic rings. The predicted octanol–water partition coefficient (Wildman–Crippen LogP) is 5.93. The van der Waals surface area contributed by atoms with E-state index in [-0.39, 0.29) is 31.0 Å². The molecule has 3 aromatic rings. The number of hydrogen-bond acceptors (Lipinski definition) is 4. The van der Waals surface area contributed by atoms with Crippen molar-refractivity contribution in [2.75, 3.05) is 13.7 Å². The topological polar surface area (TPSA) is 67.9 Å². The normalized spacial score (nSPS) is 14.4. The van der Waals surface area contributed by atoms with Crippen molar-refractivity contribution in [2.45, 2.75) is 57.2 Å². The second-order valence-electron chi connectivity index (χ2n) is 9.66. The number of benzene rings is 3. The fraction of sp³-hybridized carbons (Fsp3) is 0.355. The Morgan fingerprint density at radius 3 is 2.34 bits per heavy atom. The van der Waals surface area contributed by atoms with Gasteiger partial charge in [0.15, 0.2) is 6.61 Å². The Balaban J connectivity index is 1.61. The highest BCUT2D eigenvalue weighted by Gasteiger charge is 2.32. The molecule has 0 heterocycles. The van der Waals surface area contributed by atoms with Crippen LogP contribution in [-0.4, -0.2) is 42.5 Å². The zero-order chi connectivity index (χ0) is 26.7. The van der Waals surface area contributed by atoms with Crippen molar-refractivity contribution in [1.82, 2.24) is 10.2 Å². The molecule has 0 radical (unpaired) electrons. The summed E-state index contributed by atoms with van der Waals surface area (Å²) in [5, 5.41) is 3.26. The van der Waals surface area contributed by atoms with Crippen LogP contribution in [0.5, 0.6) is 11.5 Å². The van der Waals surface area contributed by atoms with Crippen LogP contribution in [-0.2, 0) is 22.6 Å². The van der Waals surface area contributed by atoms with Crippen molar-refractivity contribution < 1.29 is 19.1 Å². The number of ether oxygens (including phenoxy) is 2. The van der Waals surface area contributed by atoms with Gasteiger partial charge in [0.05, 0.1) is 7.11 Å². The Bertz CT molecular complexity index is 1180. The lowest BCUT2D eigenvalue weighted by atomic mass is 9.94. The third-order valence-corrected chi connectivity index (χ3v) is 7.41. The second kappa shape index (κ2) is 14.0. The first-order chi connectivity index (χ1) is 18.5. The second-order valence-corrected chi connectivity index (χ2v) is 10.6. The minimum absolute atomic E-state index is 0.124. The lowest BCUT2D eigenvalue weighted by Gasteiger charge is -2.33. The number of methoxy groups -OCH3 is 1. The van der Waals surface area contributed by atoms with Gasteiger partial charge in [0.2, 0.25) is 5.91 Å². The van der Waals surface area contributed by atoms with Gasteiger partial charge >= 0.3 is 0 Å². The molecular formula is C31H35BrN2O4. The molecule has 200 valence electrons. The molecule has 1 saturated carbocycles. The molecule has 1 N–H and O–H groups in total. The van der Waals surface area contributed by atoms with E-state index >= 15 is 0 Å². The highest BCUT2D eigenvalue weighted by Crippen LogP contribution is 2.22. The van der Waals surface area contributed by atoms with E-state index in [0.29, 0.717) is 17.9 Å². The molecule has 0 aliphatic heterocycles. The fourth-order valence-corrected chi connectivity index (χ4v) is 5.09. The summed E-state index contributed by atoms with van der Waals surface area (Å²) in [6.45, 7) is 0.0862. The van der Waals surface area contributed by atoms with Crippen LogP contribution in [0.2, 0.25) is 0 Å². The van der Waals surface area contributed by atoms with Gasteiger partial charge in [-0.25, -0.2) is 0 Å². The van der Waals surface area contributed by atoms with E-state index in [4.69, 9.17) is 9.47 Å². The average Bonchev–Trinajstić information content (AvgIpc) is 2.95. The van der Waals surface area contributed by atoms with Gasteiger partial charge in [0.25, 0.3) is 5.91 Å².